The van der Waals surface area contributed by atoms with Crippen LogP contribution in [0.15, 0.2) is 130 Å². The van der Waals surface area contributed by atoms with E-state index in [0.717, 1.165) is 104 Å². The average Bonchev–Trinajstić information content (AvgIpc) is 4.27. The van der Waals surface area contributed by atoms with Crippen molar-refractivity contribution in [3.8, 4) is 11.5 Å². The lowest BCUT2D eigenvalue weighted by molar-refractivity contribution is -0.143. The van der Waals surface area contributed by atoms with Crippen molar-refractivity contribution >= 4 is 80.3 Å². The van der Waals surface area contributed by atoms with Crippen molar-refractivity contribution < 1.29 is 47.3 Å². The van der Waals surface area contributed by atoms with Crippen molar-refractivity contribution in [1.29, 1.82) is 0 Å². The van der Waals surface area contributed by atoms with E-state index >= 15 is 0 Å². The molecule has 2 atom stereocenters. The molecule has 4 aromatic carbocycles. The van der Waals surface area contributed by atoms with E-state index in [9.17, 15) is 19.2 Å². The summed E-state index contributed by atoms with van der Waals surface area (Å²) in [7, 11) is 0. The maximum atomic E-state index is 12.6. The summed E-state index contributed by atoms with van der Waals surface area (Å²) in [6.45, 7) is 7.40. The zero-order chi connectivity index (χ0) is 59.0. The Hall–Kier alpha value is -8.08. The van der Waals surface area contributed by atoms with Crippen LogP contribution in [0.1, 0.15) is 151 Å². The van der Waals surface area contributed by atoms with Gasteiger partial charge in [-0.1, -0.05) is 73.9 Å². The zero-order valence-electron chi connectivity index (χ0n) is 47.6. The van der Waals surface area contributed by atoms with Gasteiger partial charge >= 0.3 is 11.9 Å². The van der Waals surface area contributed by atoms with E-state index in [1.54, 1.807) is 55.7 Å². The molecule has 4 aromatic heterocycles. The fourth-order valence-electron chi connectivity index (χ4n) is 11.1. The highest BCUT2D eigenvalue weighted by molar-refractivity contribution is 6.29. The molecule has 0 saturated heterocycles. The highest BCUT2D eigenvalue weighted by Crippen LogP contribution is 2.43. The number of esters is 1. The molecule has 4 heterocycles. The normalized spacial score (nSPS) is 14.4. The van der Waals surface area contributed by atoms with Crippen LogP contribution in [0.2, 0.25) is 10.3 Å². The average molecular weight is 1180 g/mol. The lowest BCUT2D eigenvalue weighted by Crippen LogP contribution is -2.26. The van der Waals surface area contributed by atoms with Crippen LogP contribution in [-0.4, -0.2) is 58.5 Å². The number of halogens is 2. The number of carboxylic acid groups (broad SMARTS) is 1. The van der Waals surface area contributed by atoms with Gasteiger partial charge in [-0.2, -0.15) is 0 Å². The Morgan fingerprint density at radius 3 is 1.40 bits per heavy atom. The Morgan fingerprint density at radius 1 is 0.583 bits per heavy atom. The van der Waals surface area contributed by atoms with Crippen molar-refractivity contribution in [1.82, 2.24) is 20.6 Å². The van der Waals surface area contributed by atoms with Crippen LogP contribution < -0.4 is 30.7 Å². The molecule has 2 aliphatic carbocycles. The fourth-order valence-corrected chi connectivity index (χ4v) is 11.3. The quantitative estimate of drug-likeness (QED) is 0.0298. The number of aryl methyl sites for hydroxylation is 2. The summed E-state index contributed by atoms with van der Waals surface area (Å²) in [6, 6.07) is 33.8. The molecule has 10 rings (SSSR count). The van der Waals surface area contributed by atoms with Crippen LogP contribution in [-0.2, 0) is 27.5 Å². The number of carboxylic acids is 1. The summed E-state index contributed by atoms with van der Waals surface area (Å²) in [5.41, 5.74) is 8.51. The van der Waals surface area contributed by atoms with Gasteiger partial charge in [-0.25, -0.2) is 9.97 Å². The number of pyridine rings is 2. The zero-order valence-corrected chi connectivity index (χ0v) is 49.2. The van der Waals surface area contributed by atoms with Gasteiger partial charge in [0.2, 0.25) is 0 Å². The highest BCUT2D eigenvalue weighted by atomic mass is 35.5. The summed E-state index contributed by atoms with van der Waals surface area (Å²) in [5.74, 6) is 2.41. The second-order valence-corrected chi connectivity index (χ2v) is 22.2. The third-order valence-corrected chi connectivity index (χ3v) is 16.0. The number of hydrogen-bond acceptors (Lipinski definition) is 13. The SMILES string of the molecule is CCOC(=O)CCNC(=O)c1ccc(NC(c2oc3ccc(OCc4ccc(Cl)nc4)cc3c2C)C2CCCCC2)cc1.Cc1c(C(Nc2ccc(C(=O)NCCC(=O)O)cc2)C2CCCCC2)oc2ccc(OCc3ccc(Cl)nc3)cc12. The Labute approximate surface area is 499 Å². The second kappa shape index (κ2) is 29.4. The lowest BCUT2D eigenvalue weighted by Gasteiger charge is -2.31. The number of amides is 2. The molecule has 440 valence electrons. The third kappa shape index (κ3) is 16.4. The summed E-state index contributed by atoms with van der Waals surface area (Å²) in [6.07, 6.45) is 15.2. The Kier molecular flexibility index (Phi) is 21.2. The number of anilines is 2. The number of aromatic nitrogens is 2. The van der Waals surface area contributed by atoms with Crippen LogP contribution in [0, 0.1) is 25.7 Å². The number of fused-ring (bicyclic) bond motifs is 2. The maximum absolute atomic E-state index is 12.6. The van der Waals surface area contributed by atoms with Gasteiger partial charge in [0.05, 0.1) is 31.5 Å². The van der Waals surface area contributed by atoms with Crippen LogP contribution in [0.3, 0.4) is 0 Å². The number of carbonyl (C=O) groups is 4. The van der Waals surface area contributed by atoms with Crippen LogP contribution >= 0.6 is 23.2 Å². The summed E-state index contributed by atoms with van der Waals surface area (Å²) in [4.78, 5) is 55.5. The number of furan rings is 2. The molecular weight excluding hydrogens is 1110 g/mol. The standard InChI is InChI=1S/C34H38ClN3O5.C32H34ClN3O5/c1-3-41-31(39)17-18-36-34(40)25-10-12-26(13-11-25)38-32(24-7-5-4-6-8-24)33-22(2)28-19-27(14-15-29(28)43-33)42-21-23-9-16-30(35)37-20-23;1-20-26-17-25(40-19-21-7-14-28(33)35-18-21)12-13-27(26)41-31(20)30(22-5-3-2-4-6-22)36-24-10-8-23(9-11-24)32(39)34-16-15-29(37)38/h9-16,19-20,24,32,38H,3-8,17-18,21H2,1-2H3,(H,36,40);7-14,17-18,22,30,36H,2-6,15-16,19H2,1H3,(H,34,39)(H,37,38). The number of nitrogens with zero attached hydrogens (tertiary/aromatic N) is 2. The van der Waals surface area contributed by atoms with E-state index in [2.05, 4.69) is 45.1 Å². The van der Waals surface area contributed by atoms with Gasteiger partial charge in [-0.15, -0.1) is 0 Å². The molecular formula is C66H72Cl2N6O10. The van der Waals surface area contributed by atoms with Gasteiger partial charge in [0.1, 0.15) is 57.7 Å². The minimum atomic E-state index is -0.946. The van der Waals surface area contributed by atoms with Gasteiger partial charge in [0.15, 0.2) is 0 Å². The molecule has 8 aromatic rings. The first-order chi connectivity index (χ1) is 40.8. The number of nitrogens with one attached hydrogen (secondary N) is 4. The number of carbonyl (C=O) groups excluding carboxylic acids is 3. The molecule has 2 aliphatic rings. The number of rotatable bonds is 23. The second-order valence-electron chi connectivity index (χ2n) is 21.5. The Bertz CT molecular complexity index is 3480. The van der Waals surface area contributed by atoms with Crippen molar-refractivity contribution in [3.63, 3.8) is 0 Å². The molecule has 2 saturated carbocycles. The number of aliphatic carboxylic acids is 1. The van der Waals surface area contributed by atoms with Crippen LogP contribution in [0.5, 0.6) is 11.5 Å². The van der Waals surface area contributed by atoms with E-state index in [4.69, 9.17) is 51.4 Å². The fraction of sp³-hybridized carbons (Fsp3) is 0.364. The molecule has 16 nitrogen and oxygen atoms in total. The molecule has 0 aliphatic heterocycles. The molecule has 0 radical (unpaired) electrons. The minimum Gasteiger partial charge on any atom is -0.489 e. The van der Waals surface area contributed by atoms with Crippen molar-refractivity contribution in [2.75, 3.05) is 30.3 Å². The van der Waals surface area contributed by atoms with E-state index in [1.165, 1.54) is 38.5 Å². The molecule has 84 heavy (non-hydrogen) atoms. The molecule has 2 amide bonds. The molecule has 18 heteroatoms. The van der Waals surface area contributed by atoms with Gasteiger partial charge < -0.3 is 49.4 Å². The maximum Gasteiger partial charge on any atom is 0.307 e. The predicted molar refractivity (Wildman–Crippen MR) is 326 cm³/mol. The van der Waals surface area contributed by atoms with E-state index < -0.39 is 5.97 Å². The van der Waals surface area contributed by atoms with E-state index in [-0.39, 0.29) is 55.8 Å². The highest BCUT2D eigenvalue weighted by Gasteiger charge is 2.32. The third-order valence-electron chi connectivity index (χ3n) is 15.6. The lowest BCUT2D eigenvalue weighted by atomic mass is 9.82. The van der Waals surface area contributed by atoms with Gasteiger partial charge in [0, 0.05) is 81.0 Å². The molecule has 0 spiro atoms. The van der Waals surface area contributed by atoms with Crippen molar-refractivity contribution in [3.05, 3.63) is 177 Å². The number of ether oxygens (including phenoxy) is 3. The number of benzene rings is 4. The minimum absolute atomic E-state index is 0.0125. The smallest absolute Gasteiger partial charge is 0.307 e. The van der Waals surface area contributed by atoms with Gasteiger partial charge in [-0.3, -0.25) is 19.2 Å². The Morgan fingerprint density at radius 2 is 1.01 bits per heavy atom. The van der Waals surface area contributed by atoms with Crippen LogP contribution in [0.4, 0.5) is 11.4 Å². The monoisotopic (exact) mass is 1180 g/mol. The topological polar surface area (TPSA) is 216 Å². The van der Waals surface area contributed by atoms with E-state index in [1.807, 2.05) is 72.8 Å². The molecule has 5 N–H and O–H groups in total. The van der Waals surface area contributed by atoms with Crippen molar-refractivity contribution in [2.45, 2.75) is 123 Å². The van der Waals surface area contributed by atoms with E-state index in [0.29, 0.717) is 53.1 Å². The molecule has 2 unspecified atom stereocenters. The first kappa shape index (κ1) is 60.5. The summed E-state index contributed by atoms with van der Waals surface area (Å²) >= 11 is 11.8. The summed E-state index contributed by atoms with van der Waals surface area (Å²) < 4.78 is 30.0. The molecule has 0 bridgehead atoms. The van der Waals surface area contributed by atoms with Gasteiger partial charge in [0.25, 0.3) is 11.8 Å². The van der Waals surface area contributed by atoms with Crippen molar-refractivity contribution in [2.24, 2.45) is 11.8 Å². The first-order valence-electron chi connectivity index (χ1n) is 29.0. The van der Waals surface area contributed by atoms with Crippen LogP contribution in [0.25, 0.3) is 21.9 Å². The predicted octanol–water partition coefficient (Wildman–Crippen LogP) is 15.1. The first-order valence-corrected chi connectivity index (χ1v) is 29.7. The number of hydrogen-bond donors (Lipinski definition) is 5. The van der Waals surface area contributed by atoms with Gasteiger partial charge in [-0.05, 0) is 155 Å². The Balaban J connectivity index is 0.000000202. The summed E-state index contributed by atoms with van der Waals surface area (Å²) in [5, 5.41) is 24.6. The molecule has 2 fully saturated rings. The largest absolute Gasteiger partial charge is 0.489 e.